The van der Waals surface area contributed by atoms with Crippen LogP contribution in [0, 0.1) is 25.2 Å². The molecule has 1 aliphatic carbocycles. The number of hydrogen-bond acceptors (Lipinski definition) is 5. The number of amides is 1. The monoisotopic (exact) mass is 429 g/mol. The molecular formula is C20H33Cl2N5O. The quantitative estimate of drug-likeness (QED) is 0.772. The minimum atomic E-state index is -0.143. The van der Waals surface area contributed by atoms with Gasteiger partial charge in [-0.15, -0.1) is 24.8 Å². The fraction of sp³-hybridized carbons (Fsp3) is 0.750. The molecule has 4 rings (SSSR count). The van der Waals surface area contributed by atoms with E-state index < -0.39 is 0 Å². The van der Waals surface area contributed by atoms with Gasteiger partial charge in [0.15, 0.2) is 0 Å². The summed E-state index contributed by atoms with van der Waals surface area (Å²) < 4.78 is 0. The molecule has 0 spiro atoms. The molecule has 158 valence electrons. The van der Waals surface area contributed by atoms with E-state index in [2.05, 4.69) is 31.6 Å². The summed E-state index contributed by atoms with van der Waals surface area (Å²) in [7, 11) is 0. The second-order valence-corrected chi connectivity index (χ2v) is 8.38. The highest BCUT2D eigenvalue weighted by molar-refractivity contribution is 5.85. The Morgan fingerprint density at radius 1 is 1.18 bits per heavy atom. The molecule has 2 atom stereocenters. The number of carbonyl (C=O) groups excluding carboxylic acids is 1. The largest absolute Gasteiger partial charge is 0.356 e. The predicted octanol–water partition coefficient (Wildman–Crippen LogP) is 2.80. The van der Waals surface area contributed by atoms with Crippen LogP contribution in [-0.4, -0.2) is 48.1 Å². The average Bonchev–Trinajstić information content (AvgIpc) is 3.07. The van der Waals surface area contributed by atoms with Gasteiger partial charge in [-0.25, -0.2) is 9.97 Å². The molecule has 1 saturated carbocycles. The van der Waals surface area contributed by atoms with Crippen LogP contribution in [0.4, 0.5) is 5.82 Å². The van der Waals surface area contributed by atoms with Crippen LogP contribution >= 0.6 is 24.8 Å². The SMILES string of the molecule is Cc1cc(N2CCC(NC(=O)[C@@]34CCCC[C@H]3CNC4)CC2)nc(C)n1.Cl.Cl. The molecule has 1 amide bonds. The molecule has 8 heteroatoms. The van der Waals surface area contributed by atoms with Crippen LogP contribution in [0.5, 0.6) is 0 Å². The summed E-state index contributed by atoms with van der Waals surface area (Å²) in [4.78, 5) is 24.4. The predicted molar refractivity (Wildman–Crippen MR) is 117 cm³/mol. The van der Waals surface area contributed by atoms with Crippen LogP contribution in [0.1, 0.15) is 50.0 Å². The average molecular weight is 430 g/mol. The molecule has 0 radical (unpaired) electrons. The molecule has 6 nitrogen and oxygen atoms in total. The molecule has 1 aromatic heterocycles. The first kappa shape index (κ1) is 23.2. The Labute approximate surface area is 180 Å². The van der Waals surface area contributed by atoms with Crippen molar-refractivity contribution < 1.29 is 4.79 Å². The van der Waals surface area contributed by atoms with Crippen LogP contribution in [-0.2, 0) is 4.79 Å². The molecule has 3 fully saturated rings. The Morgan fingerprint density at radius 3 is 2.64 bits per heavy atom. The summed E-state index contributed by atoms with van der Waals surface area (Å²) >= 11 is 0. The summed E-state index contributed by atoms with van der Waals surface area (Å²) in [5.41, 5.74) is 0.870. The summed E-state index contributed by atoms with van der Waals surface area (Å²) in [6, 6.07) is 2.35. The normalized spacial score (nSPS) is 27.4. The topological polar surface area (TPSA) is 70.2 Å². The Balaban J connectivity index is 0.00000140. The number of carbonyl (C=O) groups is 1. The Kier molecular flexibility index (Phi) is 7.94. The van der Waals surface area contributed by atoms with Gasteiger partial charge in [0.25, 0.3) is 0 Å². The van der Waals surface area contributed by atoms with Gasteiger partial charge >= 0.3 is 0 Å². The summed E-state index contributed by atoms with van der Waals surface area (Å²) in [6.45, 7) is 7.71. The zero-order valence-electron chi connectivity index (χ0n) is 16.9. The van der Waals surface area contributed by atoms with Crippen molar-refractivity contribution in [1.82, 2.24) is 20.6 Å². The lowest BCUT2D eigenvalue weighted by molar-refractivity contribution is -0.134. The number of nitrogens with one attached hydrogen (secondary N) is 2. The lowest BCUT2D eigenvalue weighted by Crippen LogP contribution is -2.53. The smallest absolute Gasteiger partial charge is 0.228 e. The number of anilines is 1. The van der Waals surface area contributed by atoms with Crippen molar-refractivity contribution in [2.24, 2.45) is 11.3 Å². The third-order valence-corrected chi connectivity index (χ3v) is 6.60. The van der Waals surface area contributed by atoms with Gasteiger partial charge in [0, 0.05) is 37.4 Å². The molecule has 2 N–H and O–H groups in total. The summed E-state index contributed by atoms with van der Waals surface area (Å²) in [5, 5.41) is 6.89. The van der Waals surface area contributed by atoms with Crippen LogP contribution in [0.3, 0.4) is 0 Å². The second kappa shape index (κ2) is 9.59. The Morgan fingerprint density at radius 2 is 1.93 bits per heavy atom. The standard InChI is InChI=1S/C20H31N5O.2ClH/c1-14-11-18(23-15(2)22-14)25-9-6-17(7-10-25)24-19(26)20-8-4-3-5-16(20)12-21-13-20;;/h11,16-17,21H,3-10,12-13H2,1-2H3,(H,24,26);2*1H/t16-,20+;;/m0../s1. The number of fused-ring (bicyclic) bond motifs is 1. The van der Waals surface area contributed by atoms with Gasteiger partial charge in [0.2, 0.25) is 5.91 Å². The van der Waals surface area contributed by atoms with E-state index in [4.69, 9.17) is 0 Å². The number of halogens is 2. The first-order valence-electron chi connectivity index (χ1n) is 10.2. The molecule has 1 aromatic rings. The maximum absolute atomic E-state index is 13.1. The highest BCUT2D eigenvalue weighted by atomic mass is 35.5. The van der Waals surface area contributed by atoms with Gasteiger partial charge in [-0.05, 0) is 52.0 Å². The number of aromatic nitrogens is 2. The van der Waals surface area contributed by atoms with Crippen LogP contribution in [0.2, 0.25) is 0 Å². The van der Waals surface area contributed by atoms with E-state index in [1.54, 1.807) is 0 Å². The zero-order chi connectivity index (χ0) is 18.1. The molecule has 0 bridgehead atoms. The van der Waals surface area contributed by atoms with Crippen LogP contribution in [0.25, 0.3) is 0 Å². The van der Waals surface area contributed by atoms with E-state index >= 15 is 0 Å². The molecule has 3 aliphatic rings. The number of hydrogen-bond donors (Lipinski definition) is 2. The molecular weight excluding hydrogens is 397 g/mol. The van der Waals surface area contributed by atoms with Crippen LogP contribution in [0.15, 0.2) is 6.07 Å². The van der Waals surface area contributed by atoms with Gasteiger partial charge in [0.1, 0.15) is 11.6 Å². The molecule has 2 aliphatic heterocycles. The van der Waals surface area contributed by atoms with Crippen molar-refractivity contribution in [3.63, 3.8) is 0 Å². The van der Waals surface area contributed by atoms with Gasteiger partial charge in [-0.2, -0.15) is 0 Å². The fourth-order valence-corrected chi connectivity index (χ4v) is 5.13. The van der Waals surface area contributed by atoms with Crippen molar-refractivity contribution in [2.45, 2.75) is 58.4 Å². The van der Waals surface area contributed by atoms with E-state index in [0.717, 1.165) is 62.8 Å². The number of aryl methyl sites for hydroxylation is 2. The van der Waals surface area contributed by atoms with E-state index in [1.165, 1.54) is 19.3 Å². The highest BCUT2D eigenvalue weighted by Gasteiger charge is 2.50. The van der Waals surface area contributed by atoms with Gasteiger partial charge in [0.05, 0.1) is 5.41 Å². The molecule has 2 saturated heterocycles. The van der Waals surface area contributed by atoms with Crippen molar-refractivity contribution in [3.8, 4) is 0 Å². The minimum absolute atomic E-state index is 0. The number of piperidine rings is 1. The number of nitrogens with zero attached hydrogens (tertiary/aromatic N) is 3. The summed E-state index contributed by atoms with van der Waals surface area (Å²) in [5.74, 6) is 2.68. The zero-order valence-corrected chi connectivity index (χ0v) is 18.5. The minimum Gasteiger partial charge on any atom is -0.356 e. The van der Waals surface area contributed by atoms with Gasteiger partial charge < -0.3 is 15.5 Å². The lowest BCUT2D eigenvalue weighted by Gasteiger charge is -2.40. The number of rotatable bonds is 3. The van der Waals surface area contributed by atoms with Gasteiger partial charge in [-0.3, -0.25) is 4.79 Å². The van der Waals surface area contributed by atoms with Crippen molar-refractivity contribution >= 4 is 36.5 Å². The van der Waals surface area contributed by atoms with Crippen molar-refractivity contribution in [1.29, 1.82) is 0 Å². The van der Waals surface area contributed by atoms with Crippen molar-refractivity contribution in [2.75, 3.05) is 31.1 Å². The maximum Gasteiger partial charge on any atom is 0.228 e. The van der Waals surface area contributed by atoms with E-state index in [1.807, 2.05) is 13.8 Å². The first-order valence-corrected chi connectivity index (χ1v) is 10.2. The third-order valence-electron chi connectivity index (χ3n) is 6.60. The van der Waals surface area contributed by atoms with E-state index in [0.29, 0.717) is 17.9 Å². The molecule has 28 heavy (non-hydrogen) atoms. The Hall–Kier alpha value is -1.11. The highest BCUT2D eigenvalue weighted by Crippen LogP contribution is 2.44. The first-order chi connectivity index (χ1) is 12.6. The molecule has 3 heterocycles. The van der Waals surface area contributed by atoms with Crippen LogP contribution < -0.4 is 15.5 Å². The third kappa shape index (κ3) is 4.55. The van der Waals surface area contributed by atoms with Crippen molar-refractivity contribution in [3.05, 3.63) is 17.6 Å². The second-order valence-electron chi connectivity index (χ2n) is 8.38. The fourth-order valence-electron chi connectivity index (χ4n) is 5.13. The lowest BCUT2D eigenvalue weighted by atomic mass is 9.67. The van der Waals surface area contributed by atoms with E-state index in [9.17, 15) is 4.79 Å². The van der Waals surface area contributed by atoms with E-state index in [-0.39, 0.29) is 30.2 Å². The van der Waals surface area contributed by atoms with Gasteiger partial charge in [-0.1, -0.05) is 12.8 Å². The molecule has 0 unspecified atom stereocenters. The molecule has 0 aromatic carbocycles. The Bertz CT molecular complexity index is 660. The summed E-state index contributed by atoms with van der Waals surface area (Å²) in [6.07, 6.45) is 6.69. The maximum atomic E-state index is 13.1.